The molecule has 28 heavy (non-hydrogen) atoms. The van der Waals surface area contributed by atoms with E-state index in [4.69, 9.17) is 0 Å². The summed E-state index contributed by atoms with van der Waals surface area (Å²) in [5.41, 5.74) is 0.863. The minimum Gasteiger partial charge on any atom is -0.347 e. The number of carbonyl (C=O) groups is 1. The molecule has 4 rings (SSSR count). The highest BCUT2D eigenvalue weighted by atomic mass is 79.9. The standard InChI is InChI=1S/C23H34BrN3O/c1-16(2)15-27-18-8-11-23(27,12-9-18)21(17-6-4-3-5-7-17)26-22(28)19-10-13-25-14-20(19)24/h10,13-14,16-18,21H,3-9,11-12,15H2,1-2H3,(H,26,28). The van der Waals surface area contributed by atoms with Crippen LogP contribution in [0.5, 0.6) is 0 Å². The normalized spacial score (nSPS) is 29.4. The Balaban J connectivity index is 1.64. The van der Waals surface area contributed by atoms with E-state index in [0.717, 1.165) is 17.1 Å². The van der Waals surface area contributed by atoms with Gasteiger partial charge in [0.05, 0.1) is 11.6 Å². The maximum Gasteiger partial charge on any atom is 0.252 e. The van der Waals surface area contributed by atoms with Gasteiger partial charge in [0.2, 0.25) is 0 Å². The van der Waals surface area contributed by atoms with Gasteiger partial charge in [-0.1, -0.05) is 33.1 Å². The number of fused-ring (bicyclic) bond motifs is 2. The van der Waals surface area contributed by atoms with Gasteiger partial charge in [0.1, 0.15) is 0 Å². The molecule has 2 saturated heterocycles. The Morgan fingerprint density at radius 2 is 1.96 bits per heavy atom. The summed E-state index contributed by atoms with van der Waals surface area (Å²) in [6, 6.07) is 2.80. The number of aromatic nitrogens is 1. The molecule has 154 valence electrons. The molecule has 3 heterocycles. The number of carbonyl (C=O) groups excluding carboxylic acids is 1. The van der Waals surface area contributed by atoms with Crippen LogP contribution in [-0.2, 0) is 0 Å². The van der Waals surface area contributed by atoms with E-state index in [1.165, 1.54) is 57.8 Å². The van der Waals surface area contributed by atoms with Gasteiger partial charge in [0.15, 0.2) is 0 Å². The highest BCUT2D eigenvalue weighted by Gasteiger charge is 2.57. The van der Waals surface area contributed by atoms with E-state index in [1.807, 2.05) is 6.07 Å². The van der Waals surface area contributed by atoms with Crippen LogP contribution in [0, 0.1) is 11.8 Å². The van der Waals surface area contributed by atoms with Crippen LogP contribution in [0.4, 0.5) is 0 Å². The molecule has 1 saturated carbocycles. The molecule has 1 amide bonds. The molecule has 1 N–H and O–H groups in total. The van der Waals surface area contributed by atoms with Crippen molar-refractivity contribution in [2.75, 3.05) is 6.54 Å². The number of rotatable bonds is 6. The average molecular weight is 448 g/mol. The summed E-state index contributed by atoms with van der Waals surface area (Å²) >= 11 is 3.52. The van der Waals surface area contributed by atoms with Gasteiger partial charge in [-0.05, 0) is 72.4 Å². The smallest absolute Gasteiger partial charge is 0.252 e. The first-order valence-corrected chi connectivity index (χ1v) is 12.0. The molecule has 4 nitrogen and oxygen atoms in total. The summed E-state index contributed by atoms with van der Waals surface area (Å²) in [7, 11) is 0. The van der Waals surface area contributed by atoms with Gasteiger partial charge in [-0.25, -0.2) is 0 Å². The van der Waals surface area contributed by atoms with Crippen molar-refractivity contribution in [1.82, 2.24) is 15.2 Å². The third-order valence-electron chi connectivity index (χ3n) is 7.40. The zero-order chi connectivity index (χ0) is 19.7. The monoisotopic (exact) mass is 447 g/mol. The number of hydrogen-bond acceptors (Lipinski definition) is 3. The zero-order valence-electron chi connectivity index (χ0n) is 17.3. The minimum absolute atomic E-state index is 0.0547. The van der Waals surface area contributed by atoms with Gasteiger partial charge in [0.25, 0.3) is 5.91 Å². The molecular weight excluding hydrogens is 414 g/mol. The number of nitrogens with zero attached hydrogens (tertiary/aromatic N) is 2. The molecule has 3 fully saturated rings. The molecule has 2 bridgehead atoms. The lowest BCUT2D eigenvalue weighted by molar-refractivity contribution is 0.0508. The van der Waals surface area contributed by atoms with Crippen LogP contribution < -0.4 is 5.32 Å². The Labute approximate surface area is 178 Å². The first-order valence-electron chi connectivity index (χ1n) is 11.2. The van der Waals surface area contributed by atoms with Gasteiger partial charge in [-0.15, -0.1) is 0 Å². The van der Waals surface area contributed by atoms with E-state index < -0.39 is 0 Å². The molecule has 3 aliphatic rings. The fourth-order valence-corrected chi connectivity index (χ4v) is 6.65. The molecule has 2 aliphatic heterocycles. The number of hydrogen-bond donors (Lipinski definition) is 1. The van der Waals surface area contributed by atoms with Crippen LogP contribution in [0.1, 0.15) is 82.0 Å². The van der Waals surface area contributed by atoms with Crippen molar-refractivity contribution in [3.63, 3.8) is 0 Å². The minimum atomic E-state index is 0.0547. The molecule has 1 unspecified atom stereocenters. The molecule has 1 aromatic heterocycles. The summed E-state index contributed by atoms with van der Waals surface area (Å²) in [6.45, 7) is 5.81. The Bertz CT molecular complexity index is 693. The molecule has 1 aliphatic carbocycles. The van der Waals surface area contributed by atoms with Crippen LogP contribution >= 0.6 is 15.9 Å². The third-order valence-corrected chi connectivity index (χ3v) is 8.03. The number of amides is 1. The van der Waals surface area contributed by atoms with Crippen molar-refractivity contribution in [3.05, 3.63) is 28.5 Å². The largest absolute Gasteiger partial charge is 0.347 e. The number of pyridine rings is 1. The quantitative estimate of drug-likeness (QED) is 0.653. The van der Waals surface area contributed by atoms with Crippen molar-refractivity contribution in [3.8, 4) is 0 Å². The fraction of sp³-hybridized carbons (Fsp3) is 0.739. The zero-order valence-corrected chi connectivity index (χ0v) is 18.9. The molecule has 0 radical (unpaired) electrons. The number of halogens is 1. The van der Waals surface area contributed by atoms with E-state index >= 15 is 0 Å². The van der Waals surface area contributed by atoms with E-state index in [9.17, 15) is 4.79 Å². The van der Waals surface area contributed by atoms with E-state index in [-0.39, 0.29) is 17.5 Å². The van der Waals surface area contributed by atoms with E-state index in [1.54, 1.807) is 12.4 Å². The Morgan fingerprint density at radius 1 is 1.25 bits per heavy atom. The summed E-state index contributed by atoms with van der Waals surface area (Å²) in [5.74, 6) is 1.32. The van der Waals surface area contributed by atoms with Crippen molar-refractivity contribution in [1.29, 1.82) is 0 Å². The highest BCUT2D eigenvalue weighted by molar-refractivity contribution is 9.10. The SMILES string of the molecule is CC(C)CN1C2CCC1(C(NC(=O)c1ccncc1Br)C1CCCCC1)CC2. The predicted octanol–water partition coefficient (Wildman–Crippen LogP) is 5.18. The highest BCUT2D eigenvalue weighted by Crippen LogP contribution is 2.51. The lowest BCUT2D eigenvalue weighted by Crippen LogP contribution is -2.61. The lowest BCUT2D eigenvalue weighted by Gasteiger charge is -2.47. The summed E-state index contributed by atoms with van der Waals surface area (Å²) < 4.78 is 0.780. The van der Waals surface area contributed by atoms with Crippen LogP contribution in [0.25, 0.3) is 0 Å². The van der Waals surface area contributed by atoms with Crippen LogP contribution in [-0.4, -0.2) is 40.0 Å². The van der Waals surface area contributed by atoms with Crippen molar-refractivity contribution >= 4 is 21.8 Å². The van der Waals surface area contributed by atoms with Crippen molar-refractivity contribution in [2.24, 2.45) is 11.8 Å². The Hall–Kier alpha value is -0.940. The Kier molecular flexibility index (Phi) is 6.12. The van der Waals surface area contributed by atoms with Gasteiger partial charge in [-0.3, -0.25) is 14.7 Å². The molecule has 0 aromatic carbocycles. The second-order valence-corrected chi connectivity index (χ2v) is 10.4. The Morgan fingerprint density at radius 3 is 2.61 bits per heavy atom. The summed E-state index contributed by atoms with van der Waals surface area (Å²) in [6.07, 6.45) is 15.0. The van der Waals surface area contributed by atoms with E-state index in [2.05, 4.69) is 45.0 Å². The van der Waals surface area contributed by atoms with Crippen LogP contribution in [0.15, 0.2) is 22.9 Å². The van der Waals surface area contributed by atoms with Crippen molar-refractivity contribution in [2.45, 2.75) is 89.3 Å². The van der Waals surface area contributed by atoms with Gasteiger partial charge < -0.3 is 5.32 Å². The molecule has 1 atom stereocenters. The number of nitrogens with one attached hydrogen (secondary N) is 1. The third kappa shape index (κ3) is 3.77. The van der Waals surface area contributed by atoms with Crippen LogP contribution in [0.2, 0.25) is 0 Å². The molecular formula is C23H34BrN3O. The van der Waals surface area contributed by atoms with E-state index in [0.29, 0.717) is 17.4 Å². The predicted molar refractivity (Wildman–Crippen MR) is 116 cm³/mol. The summed E-state index contributed by atoms with van der Waals surface area (Å²) in [5, 5.41) is 3.57. The second kappa shape index (κ2) is 8.43. The van der Waals surface area contributed by atoms with Gasteiger partial charge in [0, 0.05) is 35.0 Å². The first-order chi connectivity index (χ1) is 13.5. The first kappa shape index (κ1) is 20.3. The second-order valence-electron chi connectivity index (χ2n) is 9.59. The molecule has 1 aromatic rings. The summed E-state index contributed by atoms with van der Waals surface area (Å²) in [4.78, 5) is 20.2. The van der Waals surface area contributed by atoms with Gasteiger partial charge >= 0.3 is 0 Å². The molecule has 5 heteroatoms. The maximum absolute atomic E-state index is 13.3. The van der Waals surface area contributed by atoms with Crippen LogP contribution in [0.3, 0.4) is 0 Å². The molecule has 0 spiro atoms. The average Bonchev–Trinajstić information content (AvgIpc) is 3.21. The van der Waals surface area contributed by atoms with Crippen molar-refractivity contribution < 1.29 is 4.79 Å². The van der Waals surface area contributed by atoms with Gasteiger partial charge in [-0.2, -0.15) is 0 Å². The fourth-order valence-electron chi connectivity index (χ4n) is 6.22. The topological polar surface area (TPSA) is 45.2 Å². The maximum atomic E-state index is 13.3. The lowest BCUT2D eigenvalue weighted by atomic mass is 9.71.